The standard InChI is InChI=1S/C19H27N5O2S/c1-12-8-13(2)17(14(3)9-12)23-18(25)15-10-21-16(27-15)11-22-19(26)20-6-7-24(4)5/h8-10H,6-7,11H2,1-5H3,(H,23,25)(H2,20,22,26). The molecular weight excluding hydrogens is 362 g/mol. The number of benzene rings is 1. The van der Waals surface area contributed by atoms with E-state index in [9.17, 15) is 9.59 Å². The van der Waals surface area contributed by atoms with Crippen molar-refractivity contribution in [1.82, 2.24) is 20.5 Å². The zero-order valence-corrected chi connectivity index (χ0v) is 17.3. The van der Waals surface area contributed by atoms with Gasteiger partial charge in [-0.05, 0) is 46.0 Å². The molecule has 2 aromatic rings. The van der Waals surface area contributed by atoms with Gasteiger partial charge in [0, 0.05) is 18.8 Å². The molecule has 1 aromatic carbocycles. The van der Waals surface area contributed by atoms with Crippen LogP contribution in [-0.2, 0) is 6.54 Å². The summed E-state index contributed by atoms with van der Waals surface area (Å²) >= 11 is 1.27. The summed E-state index contributed by atoms with van der Waals surface area (Å²) in [4.78, 5) is 31.0. The van der Waals surface area contributed by atoms with Crippen molar-refractivity contribution < 1.29 is 9.59 Å². The molecule has 0 saturated carbocycles. The summed E-state index contributed by atoms with van der Waals surface area (Å²) < 4.78 is 0. The highest BCUT2D eigenvalue weighted by molar-refractivity contribution is 7.13. The number of thiazole rings is 1. The van der Waals surface area contributed by atoms with E-state index in [0.717, 1.165) is 28.9 Å². The van der Waals surface area contributed by atoms with E-state index in [1.165, 1.54) is 11.3 Å². The molecule has 2 rings (SSSR count). The van der Waals surface area contributed by atoms with Crippen LogP contribution in [0.25, 0.3) is 0 Å². The first-order chi connectivity index (χ1) is 12.8. The maximum absolute atomic E-state index is 12.5. The monoisotopic (exact) mass is 389 g/mol. The third-order valence-corrected chi connectivity index (χ3v) is 4.93. The summed E-state index contributed by atoms with van der Waals surface area (Å²) in [6.45, 7) is 7.62. The maximum Gasteiger partial charge on any atom is 0.315 e. The number of anilines is 1. The number of rotatable bonds is 7. The van der Waals surface area contributed by atoms with E-state index in [0.29, 0.717) is 16.4 Å². The smallest absolute Gasteiger partial charge is 0.315 e. The van der Waals surface area contributed by atoms with E-state index in [2.05, 4.69) is 20.9 Å². The second-order valence-electron chi connectivity index (χ2n) is 6.76. The average Bonchev–Trinajstić information content (AvgIpc) is 3.05. The van der Waals surface area contributed by atoms with E-state index in [4.69, 9.17) is 0 Å². The van der Waals surface area contributed by atoms with Gasteiger partial charge in [0.2, 0.25) is 0 Å². The molecule has 0 aliphatic heterocycles. The number of likely N-dealkylation sites (N-methyl/N-ethyl adjacent to an activating group) is 1. The molecule has 0 saturated heterocycles. The number of carbonyl (C=O) groups excluding carboxylic acids is 2. The SMILES string of the molecule is Cc1cc(C)c(NC(=O)c2cnc(CNC(=O)NCCN(C)C)s2)c(C)c1. The molecule has 1 heterocycles. The molecule has 0 bridgehead atoms. The van der Waals surface area contributed by atoms with Gasteiger partial charge < -0.3 is 20.9 Å². The van der Waals surface area contributed by atoms with Crippen LogP contribution in [0.2, 0.25) is 0 Å². The number of hydrogen-bond donors (Lipinski definition) is 3. The van der Waals surface area contributed by atoms with Crippen molar-refractivity contribution in [2.24, 2.45) is 0 Å². The summed E-state index contributed by atoms with van der Waals surface area (Å²) in [6.07, 6.45) is 1.54. The predicted octanol–water partition coefficient (Wildman–Crippen LogP) is 2.68. The second-order valence-corrected chi connectivity index (χ2v) is 7.87. The van der Waals surface area contributed by atoms with Crippen LogP contribution in [0.3, 0.4) is 0 Å². The van der Waals surface area contributed by atoms with E-state index >= 15 is 0 Å². The fourth-order valence-electron chi connectivity index (χ4n) is 2.66. The molecule has 0 fully saturated rings. The largest absolute Gasteiger partial charge is 0.337 e. The molecule has 0 aliphatic rings. The number of urea groups is 1. The number of nitrogens with zero attached hydrogens (tertiary/aromatic N) is 2. The zero-order chi connectivity index (χ0) is 20.0. The van der Waals surface area contributed by atoms with Crippen LogP contribution >= 0.6 is 11.3 Å². The van der Waals surface area contributed by atoms with Crippen LogP contribution < -0.4 is 16.0 Å². The molecule has 1 aromatic heterocycles. The Kier molecular flexibility index (Phi) is 7.32. The van der Waals surface area contributed by atoms with Crippen molar-refractivity contribution >= 4 is 29.0 Å². The predicted molar refractivity (Wildman–Crippen MR) is 110 cm³/mol. The lowest BCUT2D eigenvalue weighted by Crippen LogP contribution is -2.38. The van der Waals surface area contributed by atoms with Crippen molar-refractivity contribution in [3.63, 3.8) is 0 Å². The highest BCUT2D eigenvalue weighted by Crippen LogP contribution is 2.23. The van der Waals surface area contributed by atoms with Gasteiger partial charge in [0.15, 0.2) is 0 Å². The van der Waals surface area contributed by atoms with Crippen LogP contribution in [0.5, 0.6) is 0 Å². The van der Waals surface area contributed by atoms with Gasteiger partial charge in [-0.2, -0.15) is 0 Å². The lowest BCUT2D eigenvalue weighted by Gasteiger charge is -2.12. The molecule has 0 spiro atoms. The van der Waals surface area contributed by atoms with Gasteiger partial charge in [-0.25, -0.2) is 9.78 Å². The first kappa shape index (κ1) is 20.9. The Bertz CT molecular complexity index is 793. The molecule has 146 valence electrons. The first-order valence-corrected chi connectivity index (χ1v) is 9.58. The minimum Gasteiger partial charge on any atom is -0.337 e. The van der Waals surface area contributed by atoms with Gasteiger partial charge in [-0.3, -0.25) is 4.79 Å². The minimum absolute atomic E-state index is 0.191. The number of amides is 3. The van der Waals surface area contributed by atoms with Crippen LogP contribution in [-0.4, -0.2) is 49.0 Å². The van der Waals surface area contributed by atoms with Gasteiger partial charge in [-0.1, -0.05) is 17.7 Å². The summed E-state index contributed by atoms with van der Waals surface area (Å²) in [5, 5.41) is 9.16. The Hall–Kier alpha value is -2.45. The van der Waals surface area contributed by atoms with Gasteiger partial charge >= 0.3 is 6.03 Å². The third-order valence-electron chi connectivity index (χ3n) is 3.94. The maximum atomic E-state index is 12.5. The summed E-state index contributed by atoms with van der Waals surface area (Å²) in [5.41, 5.74) is 4.06. The van der Waals surface area contributed by atoms with Crippen LogP contribution in [0, 0.1) is 20.8 Å². The summed E-state index contributed by atoms with van der Waals surface area (Å²) in [6, 6.07) is 3.84. The molecule has 27 heavy (non-hydrogen) atoms. The first-order valence-electron chi connectivity index (χ1n) is 8.76. The Balaban J connectivity index is 1.90. The van der Waals surface area contributed by atoms with Gasteiger partial charge in [-0.15, -0.1) is 11.3 Å². The lowest BCUT2D eigenvalue weighted by molar-refractivity contribution is 0.103. The van der Waals surface area contributed by atoms with Crippen molar-refractivity contribution in [3.8, 4) is 0 Å². The molecular formula is C19H27N5O2S. The Morgan fingerprint density at radius 3 is 2.41 bits per heavy atom. The fourth-order valence-corrected chi connectivity index (χ4v) is 3.41. The zero-order valence-electron chi connectivity index (χ0n) is 16.5. The van der Waals surface area contributed by atoms with Gasteiger partial charge in [0.05, 0.1) is 12.7 Å². The molecule has 0 unspecified atom stereocenters. The molecule has 3 N–H and O–H groups in total. The Morgan fingerprint density at radius 1 is 1.11 bits per heavy atom. The van der Waals surface area contributed by atoms with E-state index in [1.807, 2.05) is 51.9 Å². The van der Waals surface area contributed by atoms with Crippen LogP contribution in [0.4, 0.5) is 10.5 Å². The number of nitrogens with one attached hydrogen (secondary N) is 3. The number of carbonyl (C=O) groups is 2. The average molecular weight is 390 g/mol. The van der Waals surface area contributed by atoms with E-state index in [1.54, 1.807) is 6.20 Å². The van der Waals surface area contributed by atoms with Crippen molar-refractivity contribution in [2.45, 2.75) is 27.3 Å². The molecule has 8 heteroatoms. The minimum atomic E-state index is -0.246. The Morgan fingerprint density at radius 2 is 1.78 bits per heavy atom. The number of aromatic nitrogens is 1. The quantitative estimate of drug-likeness (QED) is 0.680. The van der Waals surface area contributed by atoms with Crippen molar-refractivity contribution in [1.29, 1.82) is 0 Å². The second kappa shape index (κ2) is 9.48. The van der Waals surface area contributed by atoms with Gasteiger partial charge in [0.25, 0.3) is 5.91 Å². The summed E-state index contributed by atoms with van der Waals surface area (Å²) in [7, 11) is 3.89. The normalized spacial score (nSPS) is 10.7. The third kappa shape index (κ3) is 6.33. The number of hydrogen-bond acceptors (Lipinski definition) is 5. The molecule has 0 aliphatic carbocycles. The highest BCUT2D eigenvalue weighted by atomic mass is 32.1. The van der Waals surface area contributed by atoms with Gasteiger partial charge in [0.1, 0.15) is 9.88 Å². The van der Waals surface area contributed by atoms with Crippen molar-refractivity contribution in [2.75, 3.05) is 32.5 Å². The van der Waals surface area contributed by atoms with Crippen molar-refractivity contribution in [3.05, 3.63) is 44.9 Å². The molecule has 0 atom stereocenters. The topological polar surface area (TPSA) is 86.4 Å². The lowest BCUT2D eigenvalue weighted by atomic mass is 10.1. The van der Waals surface area contributed by atoms with E-state index in [-0.39, 0.29) is 18.5 Å². The van der Waals surface area contributed by atoms with Crippen LogP contribution in [0.15, 0.2) is 18.3 Å². The molecule has 7 nitrogen and oxygen atoms in total. The summed E-state index contributed by atoms with van der Waals surface area (Å²) in [5.74, 6) is -0.191. The van der Waals surface area contributed by atoms with Crippen LogP contribution in [0.1, 0.15) is 31.4 Å². The highest BCUT2D eigenvalue weighted by Gasteiger charge is 2.14. The molecule has 0 radical (unpaired) electrons. The Labute approximate surface area is 164 Å². The van der Waals surface area contributed by atoms with E-state index < -0.39 is 0 Å². The molecule has 3 amide bonds. The fraction of sp³-hybridized carbons (Fsp3) is 0.421. The number of aryl methyl sites for hydroxylation is 3.